The molecule has 0 heterocycles. The van der Waals surface area contributed by atoms with Crippen LogP contribution >= 0.6 is 0 Å². The summed E-state index contributed by atoms with van der Waals surface area (Å²) in [5.74, 6) is 0. The van der Waals surface area contributed by atoms with Crippen molar-refractivity contribution in [2.24, 2.45) is 0 Å². The highest BCUT2D eigenvalue weighted by Crippen LogP contribution is 2.27. The van der Waals surface area contributed by atoms with E-state index in [1.54, 1.807) is 0 Å². The largest absolute Gasteiger partial charge is 0.273 e. The van der Waals surface area contributed by atoms with Crippen LogP contribution in [0, 0.1) is 0 Å². The highest BCUT2D eigenvalue weighted by atomic mass is 16.7. The molecule has 0 radical (unpaired) electrons. The van der Waals surface area contributed by atoms with Crippen LogP contribution in [0.1, 0.15) is 37.8 Å². The fraction of sp³-hybridized carbons (Fsp3) is 0.429. The van der Waals surface area contributed by atoms with Crippen LogP contribution in [0.4, 0.5) is 5.69 Å². The van der Waals surface area contributed by atoms with Gasteiger partial charge in [0.2, 0.25) is 0 Å². The van der Waals surface area contributed by atoms with Gasteiger partial charge in [0.15, 0.2) is 0 Å². The first-order valence-electron chi connectivity index (χ1n) is 6.01. The lowest BCUT2D eigenvalue weighted by molar-refractivity contribution is 0.178. The molecule has 0 saturated heterocycles. The predicted octanol–water partition coefficient (Wildman–Crippen LogP) is 3.79. The molecule has 1 N–H and O–H groups in total. The van der Waals surface area contributed by atoms with E-state index in [0.29, 0.717) is 6.10 Å². The van der Waals surface area contributed by atoms with E-state index in [2.05, 4.69) is 42.8 Å². The fourth-order valence-electron chi connectivity index (χ4n) is 1.76. The molecule has 0 bridgehead atoms. The molecule has 0 aromatic heterocycles. The molecule has 1 fully saturated rings. The van der Waals surface area contributed by atoms with Gasteiger partial charge in [0.25, 0.3) is 0 Å². The van der Waals surface area contributed by atoms with Crippen molar-refractivity contribution in [3.8, 4) is 0 Å². The van der Waals surface area contributed by atoms with Crippen LogP contribution in [0.3, 0.4) is 0 Å². The van der Waals surface area contributed by atoms with Crippen molar-refractivity contribution in [2.75, 3.05) is 5.48 Å². The van der Waals surface area contributed by atoms with Gasteiger partial charge in [-0.25, -0.2) is 0 Å². The molecule has 1 saturated carbocycles. The zero-order valence-electron chi connectivity index (χ0n) is 9.99. The molecule has 0 aliphatic heterocycles. The molecule has 2 heteroatoms. The average Bonchev–Trinajstić information content (AvgIpc) is 3.11. The fourth-order valence-corrected chi connectivity index (χ4v) is 1.76. The molecule has 0 spiro atoms. The van der Waals surface area contributed by atoms with Gasteiger partial charge >= 0.3 is 0 Å². The Bertz CT molecular complexity index is 380. The molecular formula is C14H19NO. The zero-order valence-corrected chi connectivity index (χ0v) is 9.99. The van der Waals surface area contributed by atoms with Crippen molar-refractivity contribution in [2.45, 2.75) is 39.2 Å². The van der Waals surface area contributed by atoms with E-state index in [9.17, 15) is 0 Å². The second-order valence-electron chi connectivity index (χ2n) is 4.15. The van der Waals surface area contributed by atoms with Gasteiger partial charge in [0.05, 0.1) is 11.8 Å². The highest BCUT2D eigenvalue weighted by Gasteiger charge is 2.23. The van der Waals surface area contributed by atoms with Crippen LogP contribution in [-0.2, 0) is 11.3 Å². The molecule has 1 aliphatic rings. The first kappa shape index (κ1) is 11.2. The summed E-state index contributed by atoms with van der Waals surface area (Å²) in [4.78, 5) is 5.54. The molecule has 86 valence electrons. The number of anilines is 1. The van der Waals surface area contributed by atoms with Crippen molar-refractivity contribution in [1.29, 1.82) is 0 Å². The predicted molar refractivity (Wildman–Crippen MR) is 68.3 cm³/mol. The summed E-state index contributed by atoms with van der Waals surface area (Å²) in [5.41, 5.74) is 6.79. The van der Waals surface area contributed by atoms with E-state index >= 15 is 0 Å². The topological polar surface area (TPSA) is 21.3 Å². The molecule has 2 rings (SSSR count). The Morgan fingerprint density at radius 2 is 2.25 bits per heavy atom. The van der Waals surface area contributed by atoms with Crippen molar-refractivity contribution < 1.29 is 4.84 Å². The summed E-state index contributed by atoms with van der Waals surface area (Å²) < 4.78 is 0. The Labute approximate surface area is 97.3 Å². The zero-order chi connectivity index (χ0) is 11.4. The summed E-state index contributed by atoms with van der Waals surface area (Å²) >= 11 is 0. The lowest BCUT2D eigenvalue weighted by atomic mass is 10.0. The third kappa shape index (κ3) is 2.64. The molecule has 1 aliphatic carbocycles. The molecule has 1 aromatic carbocycles. The van der Waals surface area contributed by atoms with Gasteiger partial charge in [-0.15, -0.1) is 0 Å². The Morgan fingerprint density at radius 1 is 1.44 bits per heavy atom. The number of nitrogens with one attached hydrogen (secondary N) is 1. The van der Waals surface area contributed by atoms with Gasteiger partial charge in [-0.2, -0.15) is 0 Å². The van der Waals surface area contributed by atoms with Gasteiger partial charge in [-0.05, 0) is 43.4 Å². The number of hydrogen-bond acceptors (Lipinski definition) is 2. The first-order valence-corrected chi connectivity index (χ1v) is 6.01. The van der Waals surface area contributed by atoms with Crippen LogP contribution < -0.4 is 5.48 Å². The number of allylic oxidation sites excluding steroid dienone is 1. The van der Waals surface area contributed by atoms with Crippen molar-refractivity contribution in [1.82, 2.24) is 0 Å². The molecule has 16 heavy (non-hydrogen) atoms. The molecule has 1 aromatic rings. The van der Waals surface area contributed by atoms with E-state index in [1.165, 1.54) is 24.0 Å². The third-order valence-corrected chi connectivity index (χ3v) is 2.77. The Balaban J connectivity index is 2.17. The third-order valence-electron chi connectivity index (χ3n) is 2.77. The van der Waals surface area contributed by atoms with Crippen LogP contribution in [0.2, 0.25) is 0 Å². The lowest BCUT2D eigenvalue weighted by Gasteiger charge is -2.13. The minimum atomic E-state index is 0.426. The summed E-state index contributed by atoms with van der Waals surface area (Å²) in [5, 5.41) is 0. The Kier molecular flexibility index (Phi) is 3.62. The normalized spacial score (nSPS) is 15.6. The maximum atomic E-state index is 5.54. The van der Waals surface area contributed by atoms with E-state index in [4.69, 9.17) is 4.84 Å². The second kappa shape index (κ2) is 5.17. The molecule has 2 nitrogen and oxygen atoms in total. The molecule has 0 atom stereocenters. The maximum absolute atomic E-state index is 5.54. The van der Waals surface area contributed by atoms with Gasteiger partial charge in [0, 0.05) is 0 Å². The lowest BCUT2D eigenvalue weighted by Crippen LogP contribution is -2.05. The van der Waals surface area contributed by atoms with Gasteiger partial charge < -0.3 is 0 Å². The van der Waals surface area contributed by atoms with Gasteiger partial charge in [-0.3, -0.25) is 10.3 Å². The van der Waals surface area contributed by atoms with Crippen LogP contribution in [0.25, 0.3) is 6.08 Å². The standard InChI is InChI=1S/C14H19NO/c1-3-6-11-7-5-8-14(13(11)4-2)15-16-12-9-10-12/h3,5-8,12,15H,4,9-10H2,1-2H3. The van der Waals surface area contributed by atoms with E-state index in [1.807, 2.05) is 6.92 Å². The summed E-state index contributed by atoms with van der Waals surface area (Å²) in [6, 6.07) is 6.28. The minimum absolute atomic E-state index is 0.426. The van der Waals surface area contributed by atoms with Crippen LogP contribution in [-0.4, -0.2) is 6.10 Å². The van der Waals surface area contributed by atoms with Gasteiger partial charge in [0.1, 0.15) is 0 Å². The molecule has 0 unspecified atom stereocenters. The summed E-state index contributed by atoms with van der Waals surface area (Å²) in [6.45, 7) is 4.21. The first-order chi connectivity index (χ1) is 7.85. The summed E-state index contributed by atoms with van der Waals surface area (Å²) in [6.07, 6.45) is 8.01. The smallest absolute Gasteiger partial charge is 0.0855 e. The molecule has 0 amide bonds. The SMILES string of the molecule is CC=Cc1cccc(NOC2CC2)c1CC. The highest BCUT2D eigenvalue weighted by molar-refractivity contribution is 5.63. The second-order valence-corrected chi connectivity index (χ2v) is 4.15. The van der Waals surface area contributed by atoms with E-state index in [0.717, 1.165) is 12.1 Å². The van der Waals surface area contributed by atoms with Crippen LogP contribution in [0.5, 0.6) is 0 Å². The molecular weight excluding hydrogens is 198 g/mol. The summed E-state index contributed by atoms with van der Waals surface area (Å²) in [7, 11) is 0. The van der Waals surface area contributed by atoms with Crippen LogP contribution in [0.15, 0.2) is 24.3 Å². The number of benzene rings is 1. The van der Waals surface area contributed by atoms with Crippen molar-refractivity contribution in [3.05, 3.63) is 35.4 Å². The Morgan fingerprint density at radius 3 is 2.88 bits per heavy atom. The average molecular weight is 217 g/mol. The quantitative estimate of drug-likeness (QED) is 0.758. The van der Waals surface area contributed by atoms with E-state index in [-0.39, 0.29) is 0 Å². The van der Waals surface area contributed by atoms with Crippen molar-refractivity contribution in [3.63, 3.8) is 0 Å². The van der Waals surface area contributed by atoms with E-state index < -0.39 is 0 Å². The number of rotatable bonds is 5. The monoisotopic (exact) mass is 217 g/mol. The minimum Gasteiger partial charge on any atom is -0.273 e. The Hall–Kier alpha value is -1.28. The maximum Gasteiger partial charge on any atom is 0.0855 e. The number of hydrogen-bond donors (Lipinski definition) is 1. The van der Waals surface area contributed by atoms with Crippen molar-refractivity contribution >= 4 is 11.8 Å². The van der Waals surface area contributed by atoms with Gasteiger partial charge in [-0.1, -0.05) is 31.2 Å².